The van der Waals surface area contributed by atoms with E-state index < -0.39 is 0 Å². The summed E-state index contributed by atoms with van der Waals surface area (Å²) >= 11 is 0. The molecule has 0 radical (unpaired) electrons. The van der Waals surface area contributed by atoms with Crippen LogP contribution in [0.15, 0.2) is 35.3 Å². The Hall–Kier alpha value is -3.36. The summed E-state index contributed by atoms with van der Waals surface area (Å²) in [6.07, 6.45) is 3.44. The summed E-state index contributed by atoms with van der Waals surface area (Å²) in [6, 6.07) is 7.54. The number of fused-ring (bicyclic) bond motifs is 2. The standard InChI is InChI=1S/C22H26N8O/c1-22(2,3)16-7-8-17-25-26-19(30(17)27-16)14-9-12-29(13-10-14)21-24-18-15(6-5-11-23-18)20(31)28(21)4/h5-8,11,14H,9-10,12-13H2,1-4H3. The Bertz CT molecular complexity index is 1330. The van der Waals surface area contributed by atoms with Gasteiger partial charge in [0.2, 0.25) is 5.95 Å². The summed E-state index contributed by atoms with van der Waals surface area (Å²) < 4.78 is 3.52. The molecule has 0 bridgehead atoms. The molecule has 1 saturated heterocycles. The molecule has 1 aliphatic heterocycles. The average Bonchev–Trinajstić information content (AvgIpc) is 3.19. The highest BCUT2D eigenvalue weighted by Crippen LogP contribution is 2.29. The van der Waals surface area contributed by atoms with Crippen LogP contribution in [0.1, 0.15) is 51.0 Å². The van der Waals surface area contributed by atoms with Crippen molar-refractivity contribution in [2.75, 3.05) is 18.0 Å². The molecule has 31 heavy (non-hydrogen) atoms. The Labute approximate surface area is 179 Å². The number of nitrogens with zero attached hydrogens (tertiary/aromatic N) is 8. The molecular formula is C22H26N8O. The Morgan fingerprint density at radius 1 is 1.06 bits per heavy atom. The molecule has 0 saturated carbocycles. The van der Waals surface area contributed by atoms with Gasteiger partial charge in [-0.25, -0.2) is 4.98 Å². The third kappa shape index (κ3) is 3.34. The first-order valence-electron chi connectivity index (χ1n) is 10.6. The second-order valence-electron chi connectivity index (χ2n) is 9.21. The molecule has 0 spiro atoms. The summed E-state index contributed by atoms with van der Waals surface area (Å²) in [5.41, 5.74) is 2.17. The van der Waals surface area contributed by atoms with E-state index in [1.54, 1.807) is 29.9 Å². The molecule has 0 atom stereocenters. The zero-order chi connectivity index (χ0) is 21.8. The van der Waals surface area contributed by atoms with Crippen LogP contribution in [-0.2, 0) is 12.5 Å². The summed E-state index contributed by atoms with van der Waals surface area (Å²) in [6.45, 7) is 8.01. The molecular weight excluding hydrogens is 392 g/mol. The van der Waals surface area contributed by atoms with Crippen molar-refractivity contribution in [3.8, 4) is 0 Å². The van der Waals surface area contributed by atoms with Gasteiger partial charge in [0, 0.05) is 37.7 Å². The SMILES string of the molecule is Cn1c(N2CCC(c3nnc4ccc(C(C)(C)C)nn34)CC2)nc2ncccc2c1=O. The van der Waals surface area contributed by atoms with Crippen LogP contribution in [-0.4, -0.2) is 47.4 Å². The maximum absolute atomic E-state index is 12.7. The first-order valence-corrected chi connectivity index (χ1v) is 10.6. The van der Waals surface area contributed by atoms with Crippen LogP contribution in [0.25, 0.3) is 16.7 Å². The Kier molecular flexibility index (Phi) is 4.49. The first-order chi connectivity index (χ1) is 14.8. The van der Waals surface area contributed by atoms with E-state index in [1.165, 1.54) is 0 Å². The molecule has 1 fully saturated rings. The topological polar surface area (TPSA) is 94.1 Å². The van der Waals surface area contributed by atoms with Gasteiger partial charge in [0.25, 0.3) is 5.56 Å². The van der Waals surface area contributed by atoms with Crippen molar-refractivity contribution in [1.29, 1.82) is 0 Å². The van der Waals surface area contributed by atoms with Crippen LogP contribution in [0.3, 0.4) is 0 Å². The minimum Gasteiger partial charge on any atom is -0.342 e. The second kappa shape index (κ2) is 7.11. The van der Waals surface area contributed by atoms with Gasteiger partial charge < -0.3 is 4.90 Å². The number of rotatable bonds is 2. The van der Waals surface area contributed by atoms with Gasteiger partial charge in [-0.1, -0.05) is 20.8 Å². The van der Waals surface area contributed by atoms with Crippen molar-refractivity contribution in [3.63, 3.8) is 0 Å². The second-order valence-corrected chi connectivity index (χ2v) is 9.21. The number of hydrogen-bond acceptors (Lipinski definition) is 7. The van der Waals surface area contributed by atoms with Gasteiger partial charge >= 0.3 is 0 Å². The average molecular weight is 419 g/mol. The molecule has 0 aromatic carbocycles. The minimum atomic E-state index is -0.0717. The van der Waals surface area contributed by atoms with Crippen LogP contribution in [0.2, 0.25) is 0 Å². The first kappa shape index (κ1) is 19.6. The summed E-state index contributed by atoms with van der Waals surface area (Å²) in [7, 11) is 1.77. The molecule has 5 rings (SSSR count). The van der Waals surface area contributed by atoms with E-state index in [-0.39, 0.29) is 16.9 Å². The van der Waals surface area contributed by atoms with Crippen molar-refractivity contribution in [3.05, 3.63) is 52.3 Å². The molecule has 9 nitrogen and oxygen atoms in total. The molecule has 160 valence electrons. The number of piperidine rings is 1. The smallest absolute Gasteiger partial charge is 0.264 e. The quantitative estimate of drug-likeness (QED) is 0.493. The van der Waals surface area contributed by atoms with Crippen LogP contribution in [0.5, 0.6) is 0 Å². The fraction of sp³-hybridized carbons (Fsp3) is 0.455. The lowest BCUT2D eigenvalue weighted by molar-refractivity contribution is 0.465. The van der Waals surface area contributed by atoms with Gasteiger partial charge in [-0.05, 0) is 37.1 Å². The van der Waals surface area contributed by atoms with Crippen LogP contribution >= 0.6 is 0 Å². The minimum absolute atomic E-state index is 0.0420. The maximum Gasteiger partial charge on any atom is 0.264 e. The Morgan fingerprint density at radius 2 is 1.84 bits per heavy atom. The molecule has 9 heteroatoms. The highest BCUT2D eigenvalue weighted by molar-refractivity contribution is 5.74. The fourth-order valence-corrected chi connectivity index (χ4v) is 4.17. The predicted octanol–water partition coefficient (Wildman–Crippen LogP) is 2.45. The maximum atomic E-state index is 12.7. The number of anilines is 1. The molecule has 4 aromatic rings. The van der Waals surface area contributed by atoms with E-state index in [0.717, 1.165) is 43.1 Å². The zero-order valence-corrected chi connectivity index (χ0v) is 18.3. The van der Waals surface area contributed by atoms with E-state index in [4.69, 9.17) is 5.10 Å². The molecule has 0 N–H and O–H groups in total. The van der Waals surface area contributed by atoms with E-state index in [0.29, 0.717) is 17.0 Å². The molecule has 4 aromatic heterocycles. The molecule has 0 amide bonds. The van der Waals surface area contributed by atoms with Crippen molar-refractivity contribution < 1.29 is 0 Å². The third-order valence-corrected chi connectivity index (χ3v) is 6.03. The Balaban J connectivity index is 1.42. The van der Waals surface area contributed by atoms with E-state index >= 15 is 0 Å². The lowest BCUT2D eigenvalue weighted by atomic mass is 9.92. The summed E-state index contributed by atoms with van der Waals surface area (Å²) in [5, 5.41) is 14.2. The van der Waals surface area contributed by atoms with Gasteiger partial charge in [-0.2, -0.15) is 14.6 Å². The van der Waals surface area contributed by atoms with Crippen molar-refractivity contribution in [2.24, 2.45) is 7.05 Å². The highest BCUT2D eigenvalue weighted by atomic mass is 16.1. The molecule has 5 heterocycles. The molecule has 1 aliphatic rings. The van der Waals surface area contributed by atoms with Crippen LogP contribution in [0.4, 0.5) is 5.95 Å². The third-order valence-electron chi connectivity index (χ3n) is 6.03. The molecule has 0 unspecified atom stereocenters. The van der Waals surface area contributed by atoms with Crippen LogP contribution < -0.4 is 10.5 Å². The van der Waals surface area contributed by atoms with Crippen molar-refractivity contribution in [1.82, 2.24) is 34.3 Å². The van der Waals surface area contributed by atoms with Crippen molar-refractivity contribution in [2.45, 2.75) is 44.9 Å². The van der Waals surface area contributed by atoms with Gasteiger partial charge in [0.15, 0.2) is 17.1 Å². The molecule has 0 aliphatic carbocycles. The lowest BCUT2D eigenvalue weighted by Gasteiger charge is -2.32. The fourth-order valence-electron chi connectivity index (χ4n) is 4.17. The van der Waals surface area contributed by atoms with E-state index in [2.05, 4.69) is 45.8 Å². The number of pyridine rings is 1. The van der Waals surface area contributed by atoms with Gasteiger partial charge in [-0.3, -0.25) is 9.36 Å². The highest BCUT2D eigenvalue weighted by Gasteiger charge is 2.28. The van der Waals surface area contributed by atoms with Crippen LogP contribution in [0, 0.1) is 0 Å². The normalized spacial score (nSPS) is 15.8. The van der Waals surface area contributed by atoms with Gasteiger partial charge in [0.1, 0.15) is 0 Å². The van der Waals surface area contributed by atoms with Gasteiger partial charge in [-0.15, -0.1) is 10.2 Å². The number of aromatic nitrogens is 7. The predicted molar refractivity (Wildman–Crippen MR) is 118 cm³/mol. The van der Waals surface area contributed by atoms with Gasteiger partial charge in [0.05, 0.1) is 11.1 Å². The zero-order valence-electron chi connectivity index (χ0n) is 18.3. The lowest BCUT2D eigenvalue weighted by Crippen LogP contribution is -2.38. The van der Waals surface area contributed by atoms with E-state index in [1.807, 2.05) is 16.6 Å². The summed E-state index contributed by atoms with van der Waals surface area (Å²) in [4.78, 5) is 23.8. The number of hydrogen-bond donors (Lipinski definition) is 0. The Morgan fingerprint density at radius 3 is 2.58 bits per heavy atom. The monoisotopic (exact) mass is 418 g/mol. The largest absolute Gasteiger partial charge is 0.342 e. The van der Waals surface area contributed by atoms with Crippen molar-refractivity contribution >= 4 is 22.6 Å². The summed E-state index contributed by atoms with van der Waals surface area (Å²) in [5.74, 6) is 1.82. The van der Waals surface area contributed by atoms with E-state index in [9.17, 15) is 4.79 Å².